The van der Waals surface area contributed by atoms with Gasteiger partial charge < -0.3 is 19.5 Å². The van der Waals surface area contributed by atoms with Crippen LogP contribution in [-0.4, -0.2) is 20.3 Å². The zero-order valence-electron chi connectivity index (χ0n) is 14.8. The summed E-state index contributed by atoms with van der Waals surface area (Å²) in [5, 5.41) is 4.22. The standard InChI is InChI=1S/C20H24ClNO3/c1-13(2)19(15-4-6-16(23-3)7-5-15)22-12-14-10-17(21)20-18(11-14)24-8-9-25-20/h4-7,10-11,13,19,22H,8-9,12H2,1-3H3. The van der Waals surface area contributed by atoms with E-state index in [-0.39, 0.29) is 6.04 Å². The highest BCUT2D eigenvalue weighted by Crippen LogP contribution is 2.38. The highest BCUT2D eigenvalue weighted by molar-refractivity contribution is 6.32. The van der Waals surface area contributed by atoms with E-state index in [0.717, 1.165) is 17.1 Å². The SMILES string of the molecule is COc1ccc(C(NCc2cc(Cl)c3c(c2)OCCO3)C(C)C)cc1. The van der Waals surface area contributed by atoms with Crippen LogP contribution in [0.25, 0.3) is 0 Å². The summed E-state index contributed by atoms with van der Waals surface area (Å²) < 4.78 is 16.5. The molecule has 1 aliphatic rings. The number of halogens is 1. The first kappa shape index (κ1) is 17.9. The van der Waals surface area contributed by atoms with Crippen molar-refractivity contribution in [2.24, 2.45) is 5.92 Å². The summed E-state index contributed by atoms with van der Waals surface area (Å²) in [5.41, 5.74) is 2.31. The molecular formula is C20H24ClNO3. The molecule has 1 heterocycles. The number of hydrogen-bond acceptors (Lipinski definition) is 4. The summed E-state index contributed by atoms with van der Waals surface area (Å²) in [4.78, 5) is 0. The van der Waals surface area contributed by atoms with E-state index in [0.29, 0.717) is 36.4 Å². The molecule has 2 aromatic rings. The maximum Gasteiger partial charge on any atom is 0.179 e. The van der Waals surface area contributed by atoms with E-state index in [9.17, 15) is 0 Å². The molecule has 1 atom stereocenters. The lowest BCUT2D eigenvalue weighted by Crippen LogP contribution is -2.25. The molecule has 3 rings (SSSR count). The second-order valence-corrected chi connectivity index (χ2v) is 6.88. The maximum absolute atomic E-state index is 6.33. The number of methoxy groups -OCH3 is 1. The summed E-state index contributed by atoms with van der Waals surface area (Å²) in [5.74, 6) is 2.68. The molecule has 1 unspecified atom stereocenters. The first-order chi connectivity index (χ1) is 12.1. The van der Waals surface area contributed by atoms with Gasteiger partial charge in [0.05, 0.1) is 12.1 Å². The van der Waals surface area contributed by atoms with Crippen LogP contribution < -0.4 is 19.5 Å². The summed E-state index contributed by atoms with van der Waals surface area (Å²) in [6, 6.07) is 12.4. The van der Waals surface area contributed by atoms with Crippen LogP contribution in [0.5, 0.6) is 17.2 Å². The van der Waals surface area contributed by atoms with Crippen molar-refractivity contribution in [2.45, 2.75) is 26.4 Å². The third kappa shape index (κ3) is 4.20. The Balaban J connectivity index is 1.74. The lowest BCUT2D eigenvalue weighted by molar-refractivity contribution is 0.171. The van der Waals surface area contributed by atoms with E-state index in [1.54, 1.807) is 7.11 Å². The average molecular weight is 362 g/mol. The number of rotatable bonds is 6. The molecular weight excluding hydrogens is 338 g/mol. The first-order valence-electron chi connectivity index (χ1n) is 8.54. The fourth-order valence-electron chi connectivity index (χ4n) is 3.04. The minimum atomic E-state index is 0.234. The van der Waals surface area contributed by atoms with Crippen molar-refractivity contribution in [3.63, 3.8) is 0 Å². The van der Waals surface area contributed by atoms with Crippen molar-refractivity contribution in [2.75, 3.05) is 20.3 Å². The van der Waals surface area contributed by atoms with Gasteiger partial charge in [-0.2, -0.15) is 0 Å². The van der Waals surface area contributed by atoms with E-state index < -0.39 is 0 Å². The Labute approximate surface area is 154 Å². The molecule has 0 radical (unpaired) electrons. The Morgan fingerprint density at radius 1 is 1.12 bits per heavy atom. The van der Waals surface area contributed by atoms with Crippen LogP contribution in [0.1, 0.15) is 31.0 Å². The first-order valence-corrected chi connectivity index (χ1v) is 8.91. The van der Waals surface area contributed by atoms with Gasteiger partial charge in [0.25, 0.3) is 0 Å². The Hall–Kier alpha value is -1.91. The summed E-state index contributed by atoms with van der Waals surface area (Å²) >= 11 is 6.33. The molecule has 0 spiro atoms. The number of ether oxygens (including phenoxy) is 3. The number of fused-ring (bicyclic) bond motifs is 1. The van der Waals surface area contributed by atoms with E-state index in [1.807, 2.05) is 24.3 Å². The Morgan fingerprint density at radius 2 is 1.84 bits per heavy atom. The molecule has 1 N–H and O–H groups in total. The van der Waals surface area contributed by atoms with Gasteiger partial charge in [-0.15, -0.1) is 0 Å². The zero-order valence-corrected chi connectivity index (χ0v) is 15.6. The largest absolute Gasteiger partial charge is 0.497 e. The number of nitrogens with one attached hydrogen (secondary N) is 1. The van der Waals surface area contributed by atoms with Crippen LogP contribution in [0.15, 0.2) is 36.4 Å². The normalized spacial score (nSPS) is 14.4. The van der Waals surface area contributed by atoms with Crippen LogP contribution in [0.2, 0.25) is 5.02 Å². The molecule has 5 heteroatoms. The smallest absolute Gasteiger partial charge is 0.179 e. The van der Waals surface area contributed by atoms with Crippen molar-refractivity contribution in [1.29, 1.82) is 0 Å². The quantitative estimate of drug-likeness (QED) is 0.815. The molecule has 25 heavy (non-hydrogen) atoms. The van der Waals surface area contributed by atoms with E-state index in [2.05, 4.69) is 31.3 Å². The van der Waals surface area contributed by atoms with Gasteiger partial charge in [-0.05, 0) is 41.3 Å². The Morgan fingerprint density at radius 3 is 2.52 bits per heavy atom. The van der Waals surface area contributed by atoms with Crippen molar-refractivity contribution >= 4 is 11.6 Å². The van der Waals surface area contributed by atoms with Crippen LogP contribution in [0, 0.1) is 5.92 Å². The fraction of sp³-hybridized carbons (Fsp3) is 0.400. The summed E-state index contributed by atoms with van der Waals surface area (Å²) in [7, 11) is 1.68. The molecule has 4 nitrogen and oxygen atoms in total. The van der Waals surface area contributed by atoms with Crippen molar-refractivity contribution in [3.8, 4) is 17.2 Å². The molecule has 0 bridgehead atoms. The summed E-state index contributed by atoms with van der Waals surface area (Å²) in [6.07, 6.45) is 0. The van der Waals surface area contributed by atoms with E-state index in [1.165, 1.54) is 5.56 Å². The predicted octanol–water partition coefficient (Wildman–Crippen LogP) is 4.61. The Kier molecular flexibility index (Phi) is 5.71. The third-order valence-electron chi connectivity index (χ3n) is 4.32. The minimum absolute atomic E-state index is 0.234. The molecule has 1 aliphatic heterocycles. The Bertz CT molecular complexity index is 716. The van der Waals surface area contributed by atoms with Crippen molar-refractivity contribution in [1.82, 2.24) is 5.32 Å². The zero-order chi connectivity index (χ0) is 17.8. The van der Waals surface area contributed by atoms with E-state index in [4.69, 9.17) is 25.8 Å². The highest BCUT2D eigenvalue weighted by atomic mass is 35.5. The monoisotopic (exact) mass is 361 g/mol. The molecule has 0 saturated heterocycles. The second-order valence-electron chi connectivity index (χ2n) is 6.48. The predicted molar refractivity (Wildman–Crippen MR) is 99.9 cm³/mol. The van der Waals surface area contributed by atoms with Gasteiger partial charge in [0, 0.05) is 12.6 Å². The molecule has 0 amide bonds. The second kappa shape index (κ2) is 7.98. The lowest BCUT2D eigenvalue weighted by Gasteiger charge is -2.24. The fourth-order valence-corrected chi connectivity index (χ4v) is 3.33. The third-order valence-corrected chi connectivity index (χ3v) is 4.61. The maximum atomic E-state index is 6.33. The molecule has 0 aromatic heterocycles. The van der Waals surface area contributed by atoms with Crippen LogP contribution in [0.3, 0.4) is 0 Å². The van der Waals surface area contributed by atoms with Crippen molar-refractivity contribution in [3.05, 3.63) is 52.5 Å². The van der Waals surface area contributed by atoms with Gasteiger partial charge in [0.15, 0.2) is 11.5 Å². The van der Waals surface area contributed by atoms with Crippen molar-refractivity contribution < 1.29 is 14.2 Å². The van der Waals surface area contributed by atoms with E-state index >= 15 is 0 Å². The summed E-state index contributed by atoms with van der Waals surface area (Å²) in [6.45, 7) is 6.21. The van der Waals surface area contributed by atoms with Gasteiger partial charge in [-0.1, -0.05) is 37.6 Å². The van der Waals surface area contributed by atoms with Gasteiger partial charge in [-0.3, -0.25) is 0 Å². The molecule has 0 saturated carbocycles. The minimum Gasteiger partial charge on any atom is -0.497 e. The average Bonchev–Trinajstić information content (AvgIpc) is 2.62. The van der Waals surface area contributed by atoms with Crippen LogP contribution in [-0.2, 0) is 6.54 Å². The lowest BCUT2D eigenvalue weighted by atomic mass is 9.95. The van der Waals surface area contributed by atoms with Crippen LogP contribution in [0.4, 0.5) is 0 Å². The molecule has 0 fully saturated rings. The molecule has 2 aromatic carbocycles. The van der Waals surface area contributed by atoms with Gasteiger partial charge in [-0.25, -0.2) is 0 Å². The number of hydrogen-bond donors (Lipinski definition) is 1. The highest BCUT2D eigenvalue weighted by Gasteiger charge is 2.19. The topological polar surface area (TPSA) is 39.7 Å². The molecule has 0 aliphatic carbocycles. The van der Waals surface area contributed by atoms with Crippen LogP contribution >= 0.6 is 11.6 Å². The van der Waals surface area contributed by atoms with Gasteiger partial charge >= 0.3 is 0 Å². The van der Waals surface area contributed by atoms with Gasteiger partial charge in [0.1, 0.15) is 19.0 Å². The molecule has 134 valence electrons. The van der Waals surface area contributed by atoms with Gasteiger partial charge in [0.2, 0.25) is 0 Å². The number of benzene rings is 2.